The van der Waals surface area contributed by atoms with Crippen LogP contribution in [-0.4, -0.2) is 5.11 Å². The van der Waals surface area contributed by atoms with E-state index in [9.17, 15) is 9.50 Å². The third-order valence-corrected chi connectivity index (χ3v) is 4.66. The minimum Gasteiger partial charge on any atom is -0.387 e. The van der Waals surface area contributed by atoms with Gasteiger partial charge in [-0.3, -0.25) is 0 Å². The summed E-state index contributed by atoms with van der Waals surface area (Å²) in [6.45, 7) is 1.97. The Balaban J connectivity index is 2.22. The number of benzene rings is 1. The molecular weight excluding hydrogens is 303 g/mol. The van der Waals surface area contributed by atoms with Gasteiger partial charge in [-0.2, -0.15) is 0 Å². The summed E-state index contributed by atoms with van der Waals surface area (Å²) in [6.07, 6.45) is -0.159. The number of rotatable bonds is 3. The topological polar surface area (TPSA) is 20.2 Å². The molecule has 0 aliphatic heterocycles. The van der Waals surface area contributed by atoms with Gasteiger partial charge in [0.25, 0.3) is 0 Å². The predicted octanol–water partition coefficient (Wildman–Crippen LogP) is 4.23. The van der Waals surface area contributed by atoms with Crippen molar-refractivity contribution in [3.05, 3.63) is 55.9 Å². The molecule has 1 heterocycles. The van der Waals surface area contributed by atoms with Gasteiger partial charge in [-0.25, -0.2) is 4.39 Å². The standard InChI is InChI=1S/C13H12BrFOS/c1-8-5-6-17-13(8)11(16)7-9-3-2-4-10(15)12(9)14/h2-6,11,16H,7H2,1H3. The Kier molecular flexibility index (Phi) is 3.97. The first-order valence-electron chi connectivity index (χ1n) is 5.24. The molecule has 0 aliphatic rings. The Labute approximate surface area is 112 Å². The number of hydrogen-bond donors (Lipinski definition) is 1. The summed E-state index contributed by atoms with van der Waals surface area (Å²) in [4.78, 5) is 0.946. The van der Waals surface area contributed by atoms with Gasteiger partial charge in [0.2, 0.25) is 0 Å². The number of hydrogen-bond acceptors (Lipinski definition) is 2. The molecule has 4 heteroatoms. The second kappa shape index (κ2) is 5.29. The average molecular weight is 315 g/mol. The molecule has 0 amide bonds. The summed E-state index contributed by atoms with van der Waals surface area (Å²) in [7, 11) is 0. The molecule has 0 spiro atoms. The molecule has 0 bridgehead atoms. The van der Waals surface area contributed by atoms with Crippen LogP contribution >= 0.6 is 27.3 Å². The first kappa shape index (κ1) is 12.7. The van der Waals surface area contributed by atoms with Crippen LogP contribution in [0, 0.1) is 12.7 Å². The van der Waals surface area contributed by atoms with Gasteiger partial charge in [-0.05, 0) is 51.5 Å². The van der Waals surface area contributed by atoms with E-state index in [0.717, 1.165) is 16.0 Å². The summed E-state index contributed by atoms with van der Waals surface area (Å²) in [5, 5.41) is 12.1. The quantitative estimate of drug-likeness (QED) is 0.898. The smallest absolute Gasteiger partial charge is 0.137 e. The van der Waals surface area contributed by atoms with Crippen LogP contribution < -0.4 is 0 Å². The monoisotopic (exact) mass is 314 g/mol. The van der Waals surface area contributed by atoms with Gasteiger partial charge < -0.3 is 5.11 Å². The van der Waals surface area contributed by atoms with Crippen molar-refractivity contribution in [3.8, 4) is 0 Å². The van der Waals surface area contributed by atoms with Crippen molar-refractivity contribution in [2.75, 3.05) is 0 Å². The van der Waals surface area contributed by atoms with Crippen LogP contribution in [0.5, 0.6) is 0 Å². The normalized spacial score (nSPS) is 12.7. The number of aryl methyl sites for hydroxylation is 1. The van der Waals surface area contributed by atoms with E-state index >= 15 is 0 Å². The molecule has 1 N–H and O–H groups in total. The Morgan fingerprint density at radius 1 is 1.41 bits per heavy atom. The van der Waals surface area contributed by atoms with Gasteiger partial charge >= 0.3 is 0 Å². The van der Waals surface area contributed by atoms with Crippen molar-refractivity contribution in [1.82, 2.24) is 0 Å². The van der Waals surface area contributed by atoms with Crippen LogP contribution in [0.15, 0.2) is 34.1 Å². The Morgan fingerprint density at radius 3 is 2.82 bits per heavy atom. The van der Waals surface area contributed by atoms with E-state index in [2.05, 4.69) is 15.9 Å². The van der Waals surface area contributed by atoms with Crippen molar-refractivity contribution in [2.45, 2.75) is 19.4 Å². The highest BCUT2D eigenvalue weighted by Crippen LogP contribution is 2.29. The highest BCUT2D eigenvalue weighted by molar-refractivity contribution is 9.10. The number of thiophene rings is 1. The minimum absolute atomic E-state index is 0.294. The zero-order chi connectivity index (χ0) is 12.4. The maximum atomic E-state index is 13.3. The maximum absolute atomic E-state index is 13.3. The van der Waals surface area contributed by atoms with Crippen LogP contribution in [0.25, 0.3) is 0 Å². The molecule has 1 atom stereocenters. The van der Waals surface area contributed by atoms with Gasteiger partial charge in [-0.1, -0.05) is 12.1 Å². The second-order valence-corrected chi connectivity index (χ2v) is 5.64. The van der Waals surface area contributed by atoms with E-state index in [1.165, 1.54) is 17.4 Å². The van der Waals surface area contributed by atoms with Crippen molar-refractivity contribution in [1.29, 1.82) is 0 Å². The van der Waals surface area contributed by atoms with Gasteiger partial charge in [0.15, 0.2) is 0 Å². The molecule has 0 fully saturated rings. The molecule has 90 valence electrons. The van der Waals surface area contributed by atoms with Gasteiger partial charge in [0, 0.05) is 11.3 Å². The number of aliphatic hydroxyl groups excluding tert-OH is 1. The average Bonchev–Trinajstić information content (AvgIpc) is 2.71. The predicted molar refractivity (Wildman–Crippen MR) is 71.8 cm³/mol. The van der Waals surface area contributed by atoms with E-state index < -0.39 is 6.10 Å². The van der Waals surface area contributed by atoms with Crippen molar-refractivity contribution < 1.29 is 9.50 Å². The minimum atomic E-state index is -0.576. The molecule has 1 aromatic carbocycles. The van der Waals surface area contributed by atoms with Crippen LogP contribution in [-0.2, 0) is 6.42 Å². The van der Waals surface area contributed by atoms with Crippen molar-refractivity contribution in [3.63, 3.8) is 0 Å². The van der Waals surface area contributed by atoms with Crippen LogP contribution in [0.2, 0.25) is 0 Å². The first-order valence-corrected chi connectivity index (χ1v) is 6.92. The molecule has 17 heavy (non-hydrogen) atoms. The lowest BCUT2D eigenvalue weighted by Crippen LogP contribution is -2.02. The number of halogens is 2. The van der Waals surface area contributed by atoms with Gasteiger partial charge in [0.05, 0.1) is 10.6 Å². The van der Waals surface area contributed by atoms with Gasteiger partial charge in [-0.15, -0.1) is 11.3 Å². The van der Waals surface area contributed by atoms with Crippen LogP contribution in [0.1, 0.15) is 22.1 Å². The molecule has 0 radical (unpaired) electrons. The Bertz CT molecular complexity index is 524. The largest absolute Gasteiger partial charge is 0.387 e. The molecule has 0 saturated heterocycles. The summed E-state index contributed by atoms with van der Waals surface area (Å²) in [6, 6.07) is 6.85. The van der Waals surface area contributed by atoms with Crippen LogP contribution in [0.3, 0.4) is 0 Å². The van der Waals surface area contributed by atoms with E-state index in [1.807, 2.05) is 24.4 Å². The summed E-state index contributed by atoms with van der Waals surface area (Å²) in [5.74, 6) is -0.294. The van der Waals surface area contributed by atoms with Crippen molar-refractivity contribution in [2.24, 2.45) is 0 Å². The molecule has 2 rings (SSSR count). The van der Waals surface area contributed by atoms with E-state index in [1.54, 1.807) is 6.07 Å². The second-order valence-electron chi connectivity index (χ2n) is 3.90. The van der Waals surface area contributed by atoms with E-state index in [0.29, 0.717) is 10.9 Å². The molecule has 1 nitrogen and oxygen atoms in total. The maximum Gasteiger partial charge on any atom is 0.137 e. The molecule has 0 aliphatic carbocycles. The fourth-order valence-electron chi connectivity index (χ4n) is 1.73. The zero-order valence-electron chi connectivity index (χ0n) is 9.28. The van der Waals surface area contributed by atoms with E-state index in [4.69, 9.17) is 0 Å². The number of aliphatic hydroxyl groups is 1. The summed E-state index contributed by atoms with van der Waals surface area (Å²) < 4.78 is 13.8. The molecule has 1 unspecified atom stereocenters. The van der Waals surface area contributed by atoms with Crippen molar-refractivity contribution >= 4 is 27.3 Å². The lowest BCUT2D eigenvalue weighted by atomic mass is 10.1. The molecule has 0 saturated carbocycles. The molecule has 2 aromatic rings. The van der Waals surface area contributed by atoms with Gasteiger partial charge in [0.1, 0.15) is 5.82 Å². The highest BCUT2D eigenvalue weighted by atomic mass is 79.9. The van der Waals surface area contributed by atoms with E-state index in [-0.39, 0.29) is 5.82 Å². The summed E-state index contributed by atoms with van der Waals surface area (Å²) in [5.41, 5.74) is 1.86. The summed E-state index contributed by atoms with van der Waals surface area (Å²) >= 11 is 4.74. The fourth-order valence-corrected chi connectivity index (χ4v) is 3.07. The SMILES string of the molecule is Cc1ccsc1C(O)Cc1cccc(F)c1Br. The highest BCUT2D eigenvalue weighted by Gasteiger charge is 2.15. The Morgan fingerprint density at radius 2 is 2.18 bits per heavy atom. The fraction of sp³-hybridized carbons (Fsp3) is 0.231. The third kappa shape index (κ3) is 2.76. The van der Waals surface area contributed by atoms with Crippen LogP contribution in [0.4, 0.5) is 4.39 Å². The zero-order valence-corrected chi connectivity index (χ0v) is 11.7. The lowest BCUT2D eigenvalue weighted by molar-refractivity contribution is 0.181. The Hall–Kier alpha value is -0.710. The first-order chi connectivity index (χ1) is 8.09. The molecular formula is C13H12BrFOS. The lowest BCUT2D eigenvalue weighted by Gasteiger charge is -2.11. The molecule has 1 aromatic heterocycles. The third-order valence-electron chi connectivity index (χ3n) is 2.65.